The molecule has 4 heteroatoms. The average molecular weight is 264 g/mol. The van der Waals surface area contributed by atoms with Crippen molar-refractivity contribution in [2.45, 2.75) is 45.1 Å². The molecule has 1 aliphatic rings. The summed E-state index contributed by atoms with van der Waals surface area (Å²) in [5, 5.41) is 5.98. The van der Waals surface area contributed by atoms with Gasteiger partial charge < -0.3 is 10.6 Å². The number of carbonyl (C=O) groups is 1. The molecular formula is C15H21FN2O. The molecule has 0 aliphatic heterocycles. The fraction of sp³-hybridized carbons (Fsp3) is 0.533. The highest BCUT2D eigenvalue weighted by Gasteiger charge is 2.31. The van der Waals surface area contributed by atoms with Crippen LogP contribution in [0.5, 0.6) is 0 Å². The van der Waals surface area contributed by atoms with Gasteiger partial charge in [0.2, 0.25) is 0 Å². The highest BCUT2D eigenvalue weighted by atomic mass is 19.1. The molecule has 0 atom stereocenters. The quantitative estimate of drug-likeness (QED) is 0.876. The van der Waals surface area contributed by atoms with E-state index >= 15 is 0 Å². The van der Waals surface area contributed by atoms with Gasteiger partial charge in [0.15, 0.2) is 0 Å². The molecule has 1 amide bonds. The predicted octanol–water partition coefficient (Wildman–Crippen LogP) is 3.32. The fourth-order valence-corrected chi connectivity index (χ4v) is 2.69. The van der Waals surface area contributed by atoms with Gasteiger partial charge in [-0.1, -0.05) is 18.9 Å². The van der Waals surface area contributed by atoms with Crippen LogP contribution in [0.3, 0.4) is 0 Å². The number of halogens is 1. The van der Waals surface area contributed by atoms with Gasteiger partial charge in [-0.05, 0) is 38.8 Å². The van der Waals surface area contributed by atoms with Crippen LogP contribution in [0.2, 0.25) is 0 Å². The predicted molar refractivity (Wildman–Crippen MR) is 74.9 cm³/mol. The Morgan fingerprint density at radius 2 is 2.05 bits per heavy atom. The number of benzene rings is 1. The van der Waals surface area contributed by atoms with Crippen LogP contribution < -0.4 is 10.6 Å². The summed E-state index contributed by atoms with van der Waals surface area (Å²) in [4.78, 5) is 12.3. The van der Waals surface area contributed by atoms with E-state index in [9.17, 15) is 9.18 Å². The highest BCUT2D eigenvalue weighted by Crippen LogP contribution is 2.30. The van der Waals surface area contributed by atoms with E-state index in [0.717, 1.165) is 25.7 Å². The second-order valence-electron chi connectivity index (χ2n) is 5.41. The standard InChI is InChI=1S/C15H21FN2O/c1-3-17-13-11(7-6-8-12(13)16)14(19)18-15(2)9-4-5-10-15/h6-8,17H,3-5,9-10H2,1-2H3,(H,18,19). The van der Waals surface area contributed by atoms with E-state index < -0.39 is 0 Å². The van der Waals surface area contributed by atoms with E-state index in [2.05, 4.69) is 17.6 Å². The molecule has 1 saturated carbocycles. The molecule has 19 heavy (non-hydrogen) atoms. The summed E-state index contributed by atoms with van der Waals surface area (Å²) < 4.78 is 13.8. The summed E-state index contributed by atoms with van der Waals surface area (Å²) in [5.74, 6) is -0.578. The Hall–Kier alpha value is -1.58. The van der Waals surface area contributed by atoms with Gasteiger partial charge in [-0.2, -0.15) is 0 Å². The van der Waals surface area contributed by atoms with Crippen LogP contribution >= 0.6 is 0 Å². The average Bonchev–Trinajstić information content (AvgIpc) is 2.78. The SMILES string of the molecule is CCNc1c(F)cccc1C(=O)NC1(C)CCCC1. The van der Waals surface area contributed by atoms with E-state index in [4.69, 9.17) is 0 Å². The Kier molecular flexibility index (Phi) is 4.08. The molecule has 2 N–H and O–H groups in total. The first-order chi connectivity index (χ1) is 9.06. The Labute approximate surface area is 113 Å². The van der Waals surface area contributed by atoms with E-state index in [0.29, 0.717) is 17.8 Å². The number of amides is 1. The molecule has 0 heterocycles. The summed E-state index contributed by atoms with van der Waals surface area (Å²) >= 11 is 0. The maximum Gasteiger partial charge on any atom is 0.253 e. The van der Waals surface area contributed by atoms with Crippen LogP contribution in [0.15, 0.2) is 18.2 Å². The van der Waals surface area contributed by atoms with Gasteiger partial charge >= 0.3 is 0 Å². The van der Waals surface area contributed by atoms with Crippen molar-refractivity contribution in [3.05, 3.63) is 29.6 Å². The van der Waals surface area contributed by atoms with Crippen LogP contribution in [0.25, 0.3) is 0 Å². The lowest BCUT2D eigenvalue weighted by molar-refractivity contribution is 0.0908. The van der Waals surface area contributed by atoms with Gasteiger partial charge in [-0.3, -0.25) is 4.79 Å². The monoisotopic (exact) mass is 264 g/mol. The minimum atomic E-state index is -0.383. The molecule has 3 nitrogen and oxygen atoms in total. The smallest absolute Gasteiger partial charge is 0.253 e. The lowest BCUT2D eigenvalue weighted by atomic mass is 9.99. The van der Waals surface area contributed by atoms with Gasteiger partial charge in [-0.25, -0.2) is 4.39 Å². The summed E-state index contributed by atoms with van der Waals surface area (Å²) in [7, 11) is 0. The Morgan fingerprint density at radius 1 is 1.37 bits per heavy atom. The first-order valence-corrected chi connectivity index (χ1v) is 6.90. The second kappa shape index (κ2) is 5.59. The topological polar surface area (TPSA) is 41.1 Å². The van der Waals surface area contributed by atoms with E-state index in [1.807, 2.05) is 6.92 Å². The third-order valence-electron chi connectivity index (χ3n) is 3.73. The maximum atomic E-state index is 13.8. The molecule has 0 unspecified atom stereocenters. The highest BCUT2D eigenvalue weighted by molar-refractivity contribution is 6.00. The molecule has 0 radical (unpaired) electrons. The molecule has 104 valence electrons. The molecule has 1 aliphatic carbocycles. The number of hydrogen-bond donors (Lipinski definition) is 2. The molecule has 1 aromatic carbocycles. The van der Waals surface area contributed by atoms with Gasteiger partial charge in [-0.15, -0.1) is 0 Å². The summed E-state index contributed by atoms with van der Waals surface area (Å²) in [6.45, 7) is 4.52. The van der Waals surface area contributed by atoms with Crippen molar-refractivity contribution >= 4 is 11.6 Å². The minimum Gasteiger partial charge on any atom is -0.382 e. The van der Waals surface area contributed by atoms with Crippen molar-refractivity contribution in [3.63, 3.8) is 0 Å². The van der Waals surface area contributed by atoms with Crippen LogP contribution in [-0.2, 0) is 0 Å². The maximum absolute atomic E-state index is 13.8. The third-order valence-corrected chi connectivity index (χ3v) is 3.73. The van der Waals surface area contributed by atoms with Crippen molar-refractivity contribution in [3.8, 4) is 0 Å². The van der Waals surface area contributed by atoms with Crippen molar-refractivity contribution in [1.29, 1.82) is 0 Å². The molecule has 2 rings (SSSR count). The molecular weight excluding hydrogens is 243 g/mol. The van der Waals surface area contributed by atoms with E-state index in [1.54, 1.807) is 12.1 Å². The second-order valence-corrected chi connectivity index (χ2v) is 5.41. The van der Waals surface area contributed by atoms with Crippen LogP contribution in [0.4, 0.5) is 10.1 Å². The molecule has 1 aromatic rings. The zero-order valence-corrected chi connectivity index (χ0v) is 11.6. The lowest BCUT2D eigenvalue weighted by Crippen LogP contribution is -2.43. The van der Waals surface area contributed by atoms with Crippen molar-refractivity contribution in [2.24, 2.45) is 0 Å². The number of carbonyl (C=O) groups excluding carboxylic acids is 1. The van der Waals surface area contributed by atoms with Gasteiger partial charge in [0.1, 0.15) is 5.82 Å². The molecule has 0 saturated heterocycles. The summed E-state index contributed by atoms with van der Waals surface area (Å²) in [5.41, 5.74) is 0.534. The van der Waals surface area contributed by atoms with Crippen molar-refractivity contribution < 1.29 is 9.18 Å². The third kappa shape index (κ3) is 3.06. The first-order valence-electron chi connectivity index (χ1n) is 6.90. The fourth-order valence-electron chi connectivity index (χ4n) is 2.69. The van der Waals surface area contributed by atoms with Gasteiger partial charge in [0.25, 0.3) is 5.91 Å². The number of rotatable bonds is 4. The summed E-state index contributed by atoms with van der Waals surface area (Å²) in [6, 6.07) is 4.60. The van der Waals surface area contributed by atoms with Gasteiger partial charge in [0.05, 0.1) is 11.3 Å². The van der Waals surface area contributed by atoms with Crippen molar-refractivity contribution in [2.75, 3.05) is 11.9 Å². The number of nitrogens with one attached hydrogen (secondary N) is 2. The largest absolute Gasteiger partial charge is 0.382 e. The van der Waals surface area contributed by atoms with Crippen LogP contribution in [-0.4, -0.2) is 18.0 Å². The van der Waals surface area contributed by atoms with E-state index in [1.165, 1.54) is 6.07 Å². The normalized spacial score (nSPS) is 17.2. The van der Waals surface area contributed by atoms with Crippen LogP contribution in [0.1, 0.15) is 49.9 Å². The molecule has 0 aromatic heterocycles. The summed E-state index contributed by atoms with van der Waals surface area (Å²) in [6.07, 6.45) is 4.26. The van der Waals surface area contributed by atoms with Crippen molar-refractivity contribution in [1.82, 2.24) is 5.32 Å². The number of anilines is 1. The zero-order chi connectivity index (χ0) is 13.9. The first kappa shape index (κ1) is 13.8. The Morgan fingerprint density at radius 3 is 2.68 bits per heavy atom. The van der Waals surface area contributed by atoms with E-state index in [-0.39, 0.29) is 17.3 Å². The van der Waals surface area contributed by atoms with Gasteiger partial charge in [0, 0.05) is 12.1 Å². The number of para-hydroxylation sites is 1. The number of hydrogen-bond acceptors (Lipinski definition) is 2. The molecule has 0 bridgehead atoms. The Bertz CT molecular complexity index is 467. The molecule has 1 fully saturated rings. The Balaban J connectivity index is 2.21. The molecule has 0 spiro atoms. The minimum absolute atomic E-state index is 0.146. The lowest BCUT2D eigenvalue weighted by Gasteiger charge is -2.26. The zero-order valence-electron chi connectivity index (χ0n) is 11.6. The van der Waals surface area contributed by atoms with Crippen LogP contribution in [0, 0.1) is 5.82 Å².